The predicted octanol–water partition coefficient (Wildman–Crippen LogP) is 6.19. The van der Waals surface area contributed by atoms with E-state index in [9.17, 15) is 4.39 Å². The van der Waals surface area contributed by atoms with Gasteiger partial charge in [-0.15, -0.1) is 11.6 Å². The molecule has 0 N–H and O–H groups in total. The smallest absolute Gasteiger partial charge is 0.129 e. The lowest BCUT2D eigenvalue weighted by atomic mass is 9.99. The molecule has 2 aromatic rings. The molecule has 0 aromatic heterocycles. The van der Waals surface area contributed by atoms with E-state index in [1.54, 1.807) is 12.1 Å². The lowest BCUT2D eigenvalue weighted by molar-refractivity contribution is 0.611. The summed E-state index contributed by atoms with van der Waals surface area (Å²) in [7, 11) is 0. The van der Waals surface area contributed by atoms with Gasteiger partial charge in [0.25, 0.3) is 0 Å². The summed E-state index contributed by atoms with van der Waals surface area (Å²) in [6, 6.07) is 8.56. The van der Waals surface area contributed by atoms with Crippen LogP contribution in [0.25, 0.3) is 0 Å². The van der Waals surface area contributed by atoms with Gasteiger partial charge >= 0.3 is 0 Å². The van der Waals surface area contributed by atoms with E-state index in [0.29, 0.717) is 15.1 Å². The molecule has 1 atom stereocenters. The minimum absolute atomic E-state index is 0.344. The van der Waals surface area contributed by atoms with Crippen LogP contribution in [-0.4, -0.2) is 0 Å². The Bertz CT molecular complexity index is 606. The Morgan fingerprint density at radius 2 is 1.79 bits per heavy atom. The van der Waals surface area contributed by atoms with Crippen LogP contribution in [0.5, 0.6) is 0 Å². The molecular formula is C15H12BrCl2F. The van der Waals surface area contributed by atoms with Gasteiger partial charge in [-0.05, 0) is 48.7 Å². The van der Waals surface area contributed by atoms with Crippen molar-refractivity contribution in [3.63, 3.8) is 0 Å². The Morgan fingerprint density at radius 1 is 1.16 bits per heavy atom. The molecule has 0 amide bonds. The highest BCUT2D eigenvalue weighted by Gasteiger charge is 2.21. The molecule has 0 spiro atoms. The largest absolute Gasteiger partial charge is 0.207 e. The molecule has 0 saturated heterocycles. The number of hydrogen-bond donors (Lipinski definition) is 0. The highest BCUT2D eigenvalue weighted by Crippen LogP contribution is 2.39. The van der Waals surface area contributed by atoms with Crippen molar-refractivity contribution in [1.82, 2.24) is 0 Å². The van der Waals surface area contributed by atoms with Crippen molar-refractivity contribution < 1.29 is 4.39 Å². The van der Waals surface area contributed by atoms with Crippen molar-refractivity contribution in [2.24, 2.45) is 0 Å². The van der Waals surface area contributed by atoms with Crippen LogP contribution in [0, 0.1) is 19.7 Å². The third-order valence-electron chi connectivity index (χ3n) is 3.14. The van der Waals surface area contributed by atoms with E-state index in [1.165, 1.54) is 6.07 Å². The molecule has 0 saturated carbocycles. The standard InChI is InChI=1S/C15H12BrCl2F/c1-8-6-10(12(17)7-9(8)2)15(18)14-11(16)4-3-5-13(14)19/h3-7,15H,1-2H3. The summed E-state index contributed by atoms with van der Waals surface area (Å²) < 4.78 is 14.6. The molecule has 2 aromatic carbocycles. The van der Waals surface area contributed by atoms with Crippen molar-refractivity contribution in [2.45, 2.75) is 19.2 Å². The Balaban J connectivity index is 2.56. The van der Waals surface area contributed by atoms with Crippen LogP contribution in [0.2, 0.25) is 5.02 Å². The average molecular weight is 362 g/mol. The van der Waals surface area contributed by atoms with E-state index in [0.717, 1.165) is 16.7 Å². The van der Waals surface area contributed by atoms with Gasteiger partial charge in [0, 0.05) is 15.1 Å². The van der Waals surface area contributed by atoms with Gasteiger partial charge in [0.15, 0.2) is 0 Å². The second kappa shape index (κ2) is 5.82. The Kier molecular flexibility index (Phi) is 4.54. The zero-order valence-electron chi connectivity index (χ0n) is 10.5. The van der Waals surface area contributed by atoms with Gasteiger partial charge in [0.2, 0.25) is 0 Å². The van der Waals surface area contributed by atoms with Gasteiger partial charge in [0.05, 0.1) is 5.38 Å². The zero-order chi connectivity index (χ0) is 14.2. The third kappa shape index (κ3) is 2.96. The maximum absolute atomic E-state index is 13.9. The van der Waals surface area contributed by atoms with Gasteiger partial charge < -0.3 is 0 Å². The average Bonchev–Trinajstić information content (AvgIpc) is 2.33. The van der Waals surface area contributed by atoms with Gasteiger partial charge in [-0.2, -0.15) is 0 Å². The molecule has 0 aliphatic rings. The van der Waals surface area contributed by atoms with Crippen LogP contribution in [-0.2, 0) is 0 Å². The first-order chi connectivity index (χ1) is 8.91. The number of halogens is 4. The number of hydrogen-bond acceptors (Lipinski definition) is 0. The van der Waals surface area contributed by atoms with E-state index < -0.39 is 5.38 Å². The van der Waals surface area contributed by atoms with Crippen molar-refractivity contribution in [3.05, 3.63) is 67.9 Å². The summed E-state index contributed by atoms with van der Waals surface area (Å²) in [6.07, 6.45) is 0. The molecule has 4 heteroatoms. The molecule has 2 rings (SSSR count). The maximum Gasteiger partial charge on any atom is 0.129 e. The summed E-state index contributed by atoms with van der Waals surface area (Å²) in [5.41, 5.74) is 3.30. The number of benzene rings is 2. The first-order valence-corrected chi connectivity index (χ1v) is 7.37. The lowest BCUT2D eigenvalue weighted by Crippen LogP contribution is -2.00. The zero-order valence-corrected chi connectivity index (χ0v) is 13.6. The molecular weight excluding hydrogens is 350 g/mol. The predicted molar refractivity (Wildman–Crippen MR) is 82.7 cm³/mol. The molecule has 19 heavy (non-hydrogen) atoms. The van der Waals surface area contributed by atoms with E-state index >= 15 is 0 Å². The monoisotopic (exact) mass is 360 g/mol. The lowest BCUT2D eigenvalue weighted by Gasteiger charge is -2.16. The molecule has 0 heterocycles. The number of rotatable bonds is 2. The van der Waals surface area contributed by atoms with Crippen LogP contribution in [0.15, 0.2) is 34.8 Å². The Morgan fingerprint density at radius 3 is 2.42 bits per heavy atom. The van der Waals surface area contributed by atoms with E-state index in [1.807, 2.05) is 26.0 Å². The number of alkyl halides is 1. The van der Waals surface area contributed by atoms with E-state index in [-0.39, 0.29) is 5.82 Å². The minimum atomic E-state index is -0.623. The van der Waals surface area contributed by atoms with Crippen LogP contribution in [0.4, 0.5) is 4.39 Å². The fourth-order valence-electron chi connectivity index (χ4n) is 1.91. The van der Waals surface area contributed by atoms with Crippen molar-refractivity contribution in [1.29, 1.82) is 0 Å². The Hall–Kier alpha value is -0.570. The summed E-state index contributed by atoms with van der Waals surface area (Å²) >= 11 is 16.0. The topological polar surface area (TPSA) is 0 Å². The summed E-state index contributed by atoms with van der Waals surface area (Å²) in [5.74, 6) is -0.344. The van der Waals surface area contributed by atoms with Crippen LogP contribution in [0.3, 0.4) is 0 Å². The quantitative estimate of drug-likeness (QED) is 0.559. The molecule has 1 unspecified atom stereocenters. The summed E-state index contributed by atoms with van der Waals surface area (Å²) in [6.45, 7) is 3.96. The van der Waals surface area contributed by atoms with Gasteiger partial charge in [-0.25, -0.2) is 4.39 Å². The molecule has 0 nitrogen and oxygen atoms in total. The van der Waals surface area contributed by atoms with E-state index in [4.69, 9.17) is 23.2 Å². The fraction of sp³-hybridized carbons (Fsp3) is 0.200. The molecule has 0 radical (unpaired) electrons. The van der Waals surface area contributed by atoms with Gasteiger partial charge in [-0.3, -0.25) is 0 Å². The van der Waals surface area contributed by atoms with Crippen molar-refractivity contribution in [2.75, 3.05) is 0 Å². The normalized spacial score (nSPS) is 12.5. The second-order valence-electron chi connectivity index (χ2n) is 4.46. The fourth-order valence-corrected chi connectivity index (χ4v) is 3.39. The molecule has 0 fully saturated rings. The number of aryl methyl sites for hydroxylation is 2. The highest BCUT2D eigenvalue weighted by molar-refractivity contribution is 9.10. The molecule has 0 bridgehead atoms. The third-order valence-corrected chi connectivity index (χ3v) is 4.61. The van der Waals surface area contributed by atoms with Crippen LogP contribution < -0.4 is 0 Å². The first-order valence-electron chi connectivity index (χ1n) is 5.76. The summed E-state index contributed by atoms with van der Waals surface area (Å²) in [4.78, 5) is 0. The highest BCUT2D eigenvalue weighted by atomic mass is 79.9. The van der Waals surface area contributed by atoms with E-state index in [2.05, 4.69) is 15.9 Å². The molecule has 100 valence electrons. The first kappa shape index (κ1) is 14.8. The van der Waals surface area contributed by atoms with Crippen LogP contribution in [0.1, 0.15) is 27.6 Å². The minimum Gasteiger partial charge on any atom is -0.207 e. The van der Waals surface area contributed by atoms with Crippen molar-refractivity contribution >= 4 is 39.1 Å². The van der Waals surface area contributed by atoms with Gasteiger partial charge in [0.1, 0.15) is 5.82 Å². The maximum atomic E-state index is 13.9. The summed E-state index contributed by atoms with van der Waals surface area (Å²) in [5, 5.41) is -0.0689. The second-order valence-corrected chi connectivity index (χ2v) is 6.15. The Labute approximate surface area is 130 Å². The van der Waals surface area contributed by atoms with Crippen LogP contribution >= 0.6 is 39.1 Å². The SMILES string of the molecule is Cc1cc(Cl)c(C(Cl)c2c(F)cccc2Br)cc1C. The van der Waals surface area contributed by atoms with Gasteiger partial charge in [-0.1, -0.05) is 39.7 Å². The molecule has 0 aliphatic carbocycles. The molecule has 0 aliphatic heterocycles. The van der Waals surface area contributed by atoms with Crippen molar-refractivity contribution in [3.8, 4) is 0 Å².